The van der Waals surface area contributed by atoms with Gasteiger partial charge in [0.2, 0.25) is 0 Å². The molecule has 2 N–H and O–H groups in total. The molecule has 0 aromatic heterocycles. The minimum Gasteiger partial charge on any atom is -0.497 e. The Labute approximate surface area is 178 Å². The molecule has 0 aliphatic carbocycles. The Morgan fingerprint density at radius 1 is 0.963 bits per heavy atom. The van der Waals surface area contributed by atoms with Crippen LogP contribution in [0.15, 0.2) is 53.5 Å². The highest BCUT2D eigenvalue weighted by Crippen LogP contribution is 2.19. The molecular weight excluding hydrogens is 457 g/mol. The van der Waals surface area contributed by atoms with Gasteiger partial charge in [0.05, 0.1) is 27.3 Å². The number of nitrogens with zero attached hydrogens (tertiary/aromatic N) is 1. The molecule has 0 spiro atoms. The second kappa shape index (κ2) is 13.1. The van der Waals surface area contributed by atoms with Crippen LogP contribution in [0, 0.1) is 0 Å². The van der Waals surface area contributed by atoms with E-state index in [9.17, 15) is 0 Å². The zero-order valence-corrected chi connectivity index (χ0v) is 18.4. The van der Waals surface area contributed by atoms with E-state index in [1.165, 1.54) is 0 Å². The van der Waals surface area contributed by atoms with E-state index in [2.05, 4.69) is 15.6 Å². The van der Waals surface area contributed by atoms with Gasteiger partial charge in [0, 0.05) is 18.2 Å². The molecule has 0 bridgehead atoms. The Hall–Kier alpha value is -2.16. The highest BCUT2D eigenvalue weighted by atomic mass is 127. The number of benzene rings is 2. The van der Waals surface area contributed by atoms with Gasteiger partial charge in [-0.1, -0.05) is 24.3 Å². The van der Waals surface area contributed by atoms with Crippen molar-refractivity contribution in [1.29, 1.82) is 0 Å². The van der Waals surface area contributed by atoms with E-state index >= 15 is 0 Å². The Morgan fingerprint density at radius 3 is 2.48 bits per heavy atom. The maximum atomic E-state index is 5.73. The summed E-state index contributed by atoms with van der Waals surface area (Å²) < 4.78 is 16.3. The number of nitrogens with one attached hydrogen (secondary N) is 2. The van der Waals surface area contributed by atoms with Crippen molar-refractivity contribution in [1.82, 2.24) is 10.6 Å². The summed E-state index contributed by atoms with van der Waals surface area (Å²) in [5, 5.41) is 6.50. The summed E-state index contributed by atoms with van der Waals surface area (Å²) in [4.78, 5) is 4.60. The third-order valence-electron chi connectivity index (χ3n) is 3.65. The van der Waals surface area contributed by atoms with Gasteiger partial charge in [0.15, 0.2) is 5.96 Å². The van der Waals surface area contributed by atoms with Crippen LogP contribution in [0.3, 0.4) is 0 Å². The van der Waals surface area contributed by atoms with E-state index in [0.29, 0.717) is 19.7 Å². The average Bonchev–Trinajstić information content (AvgIpc) is 2.69. The molecule has 0 atom stereocenters. The van der Waals surface area contributed by atoms with Crippen LogP contribution in [0.5, 0.6) is 17.2 Å². The van der Waals surface area contributed by atoms with Gasteiger partial charge in [-0.3, -0.25) is 0 Å². The number of halogens is 1. The summed E-state index contributed by atoms with van der Waals surface area (Å²) in [5.74, 6) is 3.14. The van der Waals surface area contributed by atoms with E-state index in [4.69, 9.17) is 14.2 Å². The molecule has 0 saturated heterocycles. The molecule has 0 aliphatic rings. The summed E-state index contributed by atoms with van der Waals surface area (Å²) in [6, 6.07) is 15.4. The second-order valence-electron chi connectivity index (χ2n) is 5.46. The minimum absolute atomic E-state index is 0. The monoisotopic (exact) mass is 485 g/mol. The minimum atomic E-state index is 0. The third-order valence-corrected chi connectivity index (χ3v) is 3.65. The molecule has 0 saturated carbocycles. The molecular formula is C20H28IN3O3. The van der Waals surface area contributed by atoms with Gasteiger partial charge in [0.1, 0.15) is 23.9 Å². The lowest BCUT2D eigenvalue weighted by Gasteiger charge is -2.13. The third kappa shape index (κ3) is 7.94. The molecule has 0 amide bonds. The summed E-state index contributed by atoms with van der Waals surface area (Å²) in [7, 11) is 3.31. The zero-order valence-electron chi connectivity index (χ0n) is 16.0. The molecule has 0 radical (unpaired) electrons. The number of aliphatic imine (C=N–C) groups is 1. The molecule has 0 heterocycles. The molecule has 2 rings (SSSR count). The van der Waals surface area contributed by atoms with E-state index in [1.54, 1.807) is 14.2 Å². The van der Waals surface area contributed by atoms with E-state index < -0.39 is 0 Å². The summed E-state index contributed by atoms with van der Waals surface area (Å²) in [6.07, 6.45) is 0. The van der Waals surface area contributed by atoms with Gasteiger partial charge >= 0.3 is 0 Å². The quantitative estimate of drug-likeness (QED) is 0.247. The van der Waals surface area contributed by atoms with Gasteiger partial charge in [-0.2, -0.15) is 0 Å². The van der Waals surface area contributed by atoms with Crippen molar-refractivity contribution in [2.24, 2.45) is 4.99 Å². The van der Waals surface area contributed by atoms with Crippen molar-refractivity contribution < 1.29 is 14.2 Å². The molecule has 2 aromatic rings. The first-order valence-electron chi connectivity index (χ1n) is 8.67. The predicted octanol–water partition coefficient (Wildman–Crippen LogP) is 3.46. The van der Waals surface area contributed by atoms with E-state index in [1.807, 2.05) is 55.5 Å². The number of para-hydroxylation sites is 1. The summed E-state index contributed by atoms with van der Waals surface area (Å²) >= 11 is 0. The van der Waals surface area contributed by atoms with Crippen LogP contribution in [0.4, 0.5) is 0 Å². The Balaban J connectivity index is 0.00000364. The van der Waals surface area contributed by atoms with Crippen LogP contribution in [0.1, 0.15) is 12.5 Å². The molecule has 2 aromatic carbocycles. The van der Waals surface area contributed by atoms with Crippen molar-refractivity contribution in [3.05, 3.63) is 54.1 Å². The Bertz CT molecular complexity index is 710. The lowest BCUT2D eigenvalue weighted by molar-refractivity contribution is 0.319. The molecule has 0 unspecified atom stereocenters. The largest absolute Gasteiger partial charge is 0.497 e. The average molecular weight is 485 g/mol. The van der Waals surface area contributed by atoms with Crippen LogP contribution in [-0.2, 0) is 6.54 Å². The molecule has 0 aliphatic heterocycles. The van der Waals surface area contributed by atoms with E-state index in [-0.39, 0.29) is 24.0 Å². The standard InChI is InChI=1S/C20H27N3O3.HI/c1-4-21-20(23-15-16-8-5-6-11-19(16)25-3)22-12-13-26-18-10-7-9-17(14-18)24-2;/h5-11,14H,4,12-13,15H2,1-3H3,(H2,21,22,23);1H. The second-order valence-corrected chi connectivity index (χ2v) is 5.46. The van der Waals surface area contributed by atoms with Crippen LogP contribution < -0.4 is 24.8 Å². The van der Waals surface area contributed by atoms with E-state index in [0.717, 1.165) is 35.3 Å². The Kier molecular flexibility index (Phi) is 11.1. The Morgan fingerprint density at radius 2 is 1.74 bits per heavy atom. The summed E-state index contributed by atoms with van der Waals surface area (Å²) in [5.41, 5.74) is 1.04. The molecule has 148 valence electrons. The number of guanidine groups is 1. The van der Waals surface area contributed by atoms with Crippen LogP contribution in [0.2, 0.25) is 0 Å². The van der Waals surface area contributed by atoms with Crippen molar-refractivity contribution >= 4 is 29.9 Å². The molecule has 27 heavy (non-hydrogen) atoms. The maximum absolute atomic E-state index is 5.73. The number of rotatable bonds is 9. The number of hydrogen-bond acceptors (Lipinski definition) is 4. The topological polar surface area (TPSA) is 64.1 Å². The fraction of sp³-hybridized carbons (Fsp3) is 0.350. The van der Waals surface area contributed by atoms with Crippen molar-refractivity contribution in [2.75, 3.05) is 33.9 Å². The number of methoxy groups -OCH3 is 2. The maximum Gasteiger partial charge on any atom is 0.191 e. The smallest absolute Gasteiger partial charge is 0.191 e. The highest BCUT2D eigenvalue weighted by Gasteiger charge is 2.02. The molecule has 7 heteroatoms. The highest BCUT2D eigenvalue weighted by molar-refractivity contribution is 14.0. The van der Waals surface area contributed by atoms with Crippen LogP contribution in [-0.4, -0.2) is 39.9 Å². The first kappa shape index (κ1) is 22.9. The van der Waals surface area contributed by atoms with Crippen LogP contribution >= 0.6 is 24.0 Å². The van der Waals surface area contributed by atoms with Crippen molar-refractivity contribution in [2.45, 2.75) is 13.5 Å². The number of hydrogen-bond donors (Lipinski definition) is 2. The van der Waals surface area contributed by atoms with Crippen molar-refractivity contribution in [3.8, 4) is 17.2 Å². The van der Waals surface area contributed by atoms with Gasteiger partial charge in [-0.05, 0) is 25.1 Å². The van der Waals surface area contributed by atoms with Crippen LogP contribution in [0.25, 0.3) is 0 Å². The first-order chi connectivity index (χ1) is 12.8. The normalized spacial score (nSPS) is 10.6. The lowest BCUT2D eigenvalue weighted by atomic mass is 10.2. The SMILES string of the molecule is CCNC(=NCc1ccccc1OC)NCCOc1cccc(OC)c1.I. The first-order valence-corrected chi connectivity index (χ1v) is 8.67. The van der Waals surface area contributed by atoms with Gasteiger partial charge in [0.25, 0.3) is 0 Å². The summed E-state index contributed by atoms with van der Waals surface area (Å²) in [6.45, 7) is 4.51. The van der Waals surface area contributed by atoms with Gasteiger partial charge in [-0.25, -0.2) is 4.99 Å². The predicted molar refractivity (Wildman–Crippen MR) is 120 cm³/mol. The molecule has 0 fully saturated rings. The van der Waals surface area contributed by atoms with Gasteiger partial charge < -0.3 is 24.8 Å². The van der Waals surface area contributed by atoms with Gasteiger partial charge in [-0.15, -0.1) is 24.0 Å². The molecule has 6 nitrogen and oxygen atoms in total. The fourth-order valence-corrected chi connectivity index (χ4v) is 2.37. The fourth-order valence-electron chi connectivity index (χ4n) is 2.37. The number of ether oxygens (including phenoxy) is 3. The zero-order chi connectivity index (χ0) is 18.6. The lowest BCUT2D eigenvalue weighted by Crippen LogP contribution is -2.39. The van der Waals surface area contributed by atoms with Crippen molar-refractivity contribution in [3.63, 3.8) is 0 Å².